The summed E-state index contributed by atoms with van der Waals surface area (Å²) in [6.45, 7) is 2.23. The Hall–Kier alpha value is -2.05. The van der Waals surface area contributed by atoms with Crippen molar-refractivity contribution in [1.82, 2.24) is 0 Å². The van der Waals surface area contributed by atoms with Crippen LogP contribution in [0.5, 0.6) is 17.2 Å². The Bertz CT molecular complexity index is 861. The van der Waals surface area contributed by atoms with E-state index in [4.69, 9.17) is 4.74 Å². The lowest BCUT2D eigenvalue weighted by Gasteiger charge is -2.13. The zero-order chi connectivity index (χ0) is 21.1. The molecule has 160 valence electrons. The lowest BCUT2D eigenvalue weighted by atomic mass is 10.0. The monoisotopic (exact) mass is 420 g/mol. The molecular formula is C23H32O5S. The van der Waals surface area contributed by atoms with Crippen molar-refractivity contribution in [2.24, 2.45) is 0 Å². The molecule has 5 nitrogen and oxygen atoms in total. The topological polar surface area (TPSA) is 83.8 Å². The molecular weight excluding hydrogens is 388 g/mol. The van der Waals surface area contributed by atoms with Gasteiger partial charge in [-0.3, -0.25) is 4.55 Å². The fourth-order valence-corrected chi connectivity index (χ4v) is 3.94. The van der Waals surface area contributed by atoms with E-state index in [9.17, 15) is 18.1 Å². The molecule has 0 radical (unpaired) electrons. The molecule has 2 aromatic carbocycles. The molecule has 0 spiro atoms. The predicted octanol–water partition coefficient (Wildman–Crippen LogP) is 6.50. The molecule has 0 fully saturated rings. The van der Waals surface area contributed by atoms with Gasteiger partial charge in [0.05, 0.1) is 0 Å². The van der Waals surface area contributed by atoms with Gasteiger partial charge in [-0.15, -0.1) is 0 Å². The van der Waals surface area contributed by atoms with E-state index in [1.807, 2.05) is 18.2 Å². The highest BCUT2D eigenvalue weighted by atomic mass is 32.2. The zero-order valence-electron chi connectivity index (χ0n) is 17.1. The van der Waals surface area contributed by atoms with E-state index < -0.39 is 20.8 Å². The number of unbranched alkanes of at least 4 members (excludes halogenated alkanes) is 8. The summed E-state index contributed by atoms with van der Waals surface area (Å²) in [6.07, 6.45) is 12.2. The Labute approximate surface area is 174 Å². The predicted molar refractivity (Wildman–Crippen MR) is 115 cm³/mol. The molecule has 2 N–H and O–H groups in total. The highest BCUT2D eigenvalue weighted by Crippen LogP contribution is 2.37. The van der Waals surface area contributed by atoms with Crippen molar-refractivity contribution < 1.29 is 22.8 Å². The highest BCUT2D eigenvalue weighted by molar-refractivity contribution is 7.86. The Morgan fingerprint density at radius 2 is 1.38 bits per heavy atom. The molecule has 0 aromatic heterocycles. The van der Waals surface area contributed by atoms with Gasteiger partial charge in [-0.05, 0) is 36.6 Å². The zero-order valence-corrected chi connectivity index (χ0v) is 18.0. The largest absolute Gasteiger partial charge is 0.503 e. The summed E-state index contributed by atoms with van der Waals surface area (Å²) in [6, 6.07) is 11.6. The van der Waals surface area contributed by atoms with Gasteiger partial charge in [-0.1, -0.05) is 82.6 Å². The molecule has 0 bridgehead atoms. The second-order valence-electron chi connectivity index (χ2n) is 7.37. The SMILES string of the molecule is CCCCCCCCCCCc1ccccc1Oc1cccc(S(=O)(=O)O)c1O. The van der Waals surface area contributed by atoms with E-state index in [2.05, 4.69) is 6.92 Å². The molecule has 0 aliphatic rings. The summed E-state index contributed by atoms with van der Waals surface area (Å²) in [5.74, 6) is -0.0117. The van der Waals surface area contributed by atoms with Crippen LogP contribution >= 0.6 is 0 Å². The van der Waals surface area contributed by atoms with E-state index >= 15 is 0 Å². The molecule has 0 saturated heterocycles. The normalized spacial score (nSPS) is 11.5. The van der Waals surface area contributed by atoms with Crippen molar-refractivity contribution in [3.8, 4) is 17.2 Å². The number of benzene rings is 2. The van der Waals surface area contributed by atoms with Gasteiger partial charge in [-0.2, -0.15) is 8.42 Å². The van der Waals surface area contributed by atoms with Crippen LogP contribution in [0.1, 0.15) is 70.3 Å². The summed E-state index contributed by atoms with van der Waals surface area (Å²) in [4.78, 5) is -0.564. The average molecular weight is 421 g/mol. The molecule has 2 aromatic rings. The quantitative estimate of drug-likeness (QED) is 0.285. The minimum Gasteiger partial charge on any atom is -0.503 e. The van der Waals surface area contributed by atoms with E-state index in [-0.39, 0.29) is 5.75 Å². The summed E-state index contributed by atoms with van der Waals surface area (Å²) >= 11 is 0. The molecule has 2 rings (SSSR count). The third-order valence-electron chi connectivity index (χ3n) is 4.98. The molecule has 6 heteroatoms. The first-order valence-electron chi connectivity index (χ1n) is 10.5. The van der Waals surface area contributed by atoms with Gasteiger partial charge in [0, 0.05) is 0 Å². The summed E-state index contributed by atoms with van der Waals surface area (Å²) in [5.41, 5.74) is 1.01. The van der Waals surface area contributed by atoms with Crippen LogP contribution in [-0.2, 0) is 16.5 Å². The molecule has 0 unspecified atom stereocenters. The van der Waals surface area contributed by atoms with Crippen molar-refractivity contribution >= 4 is 10.1 Å². The van der Waals surface area contributed by atoms with Crippen LogP contribution in [0.2, 0.25) is 0 Å². The second kappa shape index (κ2) is 11.8. The third-order valence-corrected chi connectivity index (χ3v) is 5.87. The van der Waals surface area contributed by atoms with Gasteiger partial charge in [0.25, 0.3) is 10.1 Å². The number of hydrogen-bond donors (Lipinski definition) is 2. The summed E-state index contributed by atoms with van der Waals surface area (Å²) in [5, 5.41) is 10.2. The average Bonchev–Trinajstić information content (AvgIpc) is 2.68. The smallest absolute Gasteiger partial charge is 0.298 e. The molecule has 0 amide bonds. The van der Waals surface area contributed by atoms with Crippen molar-refractivity contribution in [2.75, 3.05) is 0 Å². The van der Waals surface area contributed by atoms with Gasteiger partial charge in [0.2, 0.25) is 0 Å². The van der Waals surface area contributed by atoms with E-state index in [1.54, 1.807) is 6.07 Å². The van der Waals surface area contributed by atoms with Crippen LogP contribution < -0.4 is 4.74 Å². The van der Waals surface area contributed by atoms with E-state index in [0.29, 0.717) is 5.75 Å². The van der Waals surface area contributed by atoms with Crippen LogP contribution in [-0.4, -0.2) is 18.1 Å². The summed E-state index contributed by atoms with van der Waals surface area (Å²) in [7, 11) is -4.52. The number of para-hydroxylation sites is 2. The first-order chi connectivity index (χ1) is 13.9. The number of rotatable bonds is 13. The first kappa shape index (κ1) is 23.2. The fourth-order valence-electron chi connectivity index (χ4n) is 3.35. The van der Waals surface area contributed by atoms with Crippen molar-refractivity contribution in [3.63, 3.8) is 0 Å². The van der Waals surface area contributed by atoms with Crippen LogP contribution in [0, 0.1) is 0 Å². The van der Waals surface area contributed by atoms with Crippen LogP contribution in [0.15, 0.2) is 47.4 Å². The summed E-state index contributed by atoms with van der Waals surface area (Å²) < 4.78 is 37.7. The highest BCUT2D eigenvalue weighted by Gasteiger charge is 2.19. The molecule has 0 atom stereocenters. The van der Waals surface area contributed by atoms with E-state index in [1.165, 1.54) is 57.1 Å². The number of aromatic hydroxyl groups is 1. The minimum absolute atomic E-state index is 0.000320. The first-order valence-corrected chi connectivity index (χ1v) is 11.9. The lowest BCUT2D eigenvalue weighted by Crippen LogP contribution is -2.00. The van der Waals surface area contributed by atoms with E-state index in [0.717, 1.165) is 30.9 Å². The van der Waals surface area contributed by atoms with Crippen LogP contribution in [0.25, 0.3) is 0 Å². The van der Waals surface area contributed by atoms with Crippen LogP contribution in [0.4, 0.5) is 0 Å². The maximum atomic E-state index is 11.4. The number of phenolic OH excluding ortho intramolecular Hbond substituents is 1. The van der Waals surface area contributed by atoms with Gasteiger partial charge >= 0.3 is 0 Å². The Morgan fingerprint density at radius 3 is 2.03 bits per heavy atom. The van der Waals surface area contributed by atoms with Gasteiger partial charge < -0.3 is 9.84 Å². The van der Waals surface area contributed by atoms with Crippen molar-refractivity contribution in [3.05, 3.63) is 48.0 Å². The maximum Gasteiger partial charge on any atom is 0.298 e. The Balaban J connectivity index is 1.90. The maximum absolute atomic E-state index is 11.4. The van der Waals surface area contributed by atoms with Crippen LogP contribution in [0.3, 0.4) is 0 Å². The number of aryl methyl sites for hydroxylation is 1. The van der Waals surface area contributed by atoms with Gasteiger partial charge in [0.1, 0.15) is 10.6 Å². The minimum atomic E-state index is -4.52. The van der Waals surface area contributed by atoms with Gasteiger partial charge in [-0.25, -0.2) is 0 Å². The van der Waals surface area contributed by atoms with Gasteiger partial charge in [0.15, 0.2) is 11.5 Å². The Kier molecular flexibility index (Phi) is 9.48. The van der Waals surface area contributed by atoms with Crippen molar-refractivity contribution in [1.29, 1.82) is 0 Å². The number of ether oxygens (including phenoxy) is 1. The molecule has 0 heterocycles. The number of hydrogen-bond acceptors (Lipinski definition) is 4. The molecule has 29 heavy (non-hydrogen) atoms. The fraction of sp³-hybridized carbons (Fsp3) is 0.478. The third kappa shape index (κ3) is 7.71. The molecule has 0 saturated carbocycles. The standard InChI is InChI=1S/C23H32O5S/c1-2-3-4-5-6-7-8-9-10-14-19-15-11-12-16-20(19)28-21-17-13-18-22(23(21)24)29(25,26)27/h11-13,15-18,24H,2-10,14H2,1H3,(H,25,26,27). The van der Waals surface area contributed by atoms with Crippen molar-refractivity contribution in [2.45, 2.75) is 76.0 Å². The molecule has 0 aliphatic carbocycles. The Morgan fingerprint density at radius 1 is 0.793 bits per heavy atom. The molecule has 0 aliphatic heterocycles. The number of phenols is 1. The lowest BCUT2D eigenvalue weighted by molar-refractivity contribution is 0.393. The second-order valence-corrected chi connectivity index (χ2v) is 8.76.